The molecule has 6 fully saturated rings. The van der Waals surface area contributed by atoms with Crippen molar-refractivity contribution in [2.75, 3.05) is 101 Å². The van der Waals surface area contributed by atoms with Gasteiger partial charge in [-0.3, -0.25) is 14.4 Å². The lowest BCUT2D eigenvalue weighted by molar-refractivity contribution is -0.156. The number of halogens is 4. The molecule has 6 aliphatic rings. The fourth-order valence-corrected chi connectivity index (χ4v) is 10.2. The first-order valence-corrected chi connectivity index (χ1v) is 27.5. The minimum absolute atomic E-state index is 0.203. The Morgan fingerprint density at radius 2 is 0.974 bits per heavy atom. The number of carbonyl (C=O) groups is 4. The highest BCUT2D eigenvalue weighted by Crippen LogP contribution is 2.36. The lowest BCUT2D eigenvalue weighted by atomic mass is 10.0. The third-order valence-corrected chi connectivity index (χ3v) is 15.1. The van der Waals surface area contributed by atoms with Crippen LogP contribution in [0, 0.1) is 11.6 Å². The summed E-state index contributed by atoms with van der Waals surface area (Å²) in [5.74, 6) is -2.95. The van der Waals surface area contributed by atoms with Crippen LogP contribution in [0.3, 0.4) is 0 Å². The van der Waals surface area contributed by atoms with Gasteiger partial charge in [0.15, 0.2) is 0 Å². The molecular weight excluding hydrogens is 1040 g/mol. The minimum atomic E-state index is -1.43. The maximum Gasteiger partial charge on any atom is 0.394 e. The number of nitrogens with zero attached hydrogens (tertiary/aromatic N) is 6. The van der Waals surface area contributed by atoms with E-state index in [1.807, 2.05) is 17.0 Å². The van der Waals surface area contributed by atoms with Crippen LogP contribution in [0.4, 0.5) is 20.2 Å². The number of likely N-dealkylation sites (tertiary alicyclic amines) is 2. The van der Waals surface area contributed by atoms with Gasteiger partial charge in [0.2, 0.25) is 0 Å². The first kappa shape index (κ1) is 57.4. The van der Waals surface area contributed by atoms with Crippen LogP contribution >= 0.6 is 23.2 Å². The van der Waals surface area contributed by atoms with E-state index in [0.29, 0.717) is 92.1 Å². The maximum absolute atomic E-state index is 13.2. The molecule has 6 N–H and O–H groups in total. The average molecular weight is 1110 g/mol. The molecule has 10 rings (SSSR count). The number of benzene rings is 4. The zero-order valence-corrected chi connectivity index (χ0v) is 44.7. The smallest absolute Gasteiger partial charge is 0.394 e. The predicted molar refractivity (Wildman–Crippen MR) is 289 cm³/mol. The second-order valence-electron chi connectivity index (χ2n) is 20.5. The molecule has 4 aromatic carbocycles. The molecule has 4 aliphatic heterocycles. The number of aliphatic carboxylic acids is 1. The molecule has 17 nitrogen and oxygen atoms in total. The van der Waals surface area contributed by atoms with E-state index < -0.39 is 41.9 Å². The van der Waals surface area contributed by atoms with Gasteiger partial charge in [-0.25, -0.2) is 13.6 Å². The first-order valence-electron chi connectivity index (χ1n) is 26.7. The molecule has 4 saturated heterocycles. The summed E-state index contributed by atoms with van der Waals surface area (Å²) in [6.45, 7) is 8.72. The number of amides is 3. The topological polar surface area (TPSA) is 205 Å². The Bertz CT molecular complexity index is 2610. The number of hydrogen-bond acceptors (Lipinski definition) is 13. The van der Waals surface area contributed by atoms with Crippen LogP contribution in [0.5, 0.6) is 11.5 Å². The molecule has 3 amide bonds. The predicted octanol–water partition coefficient (Wildman–Crippen LogP) is 5.88. The zero-order chi connectivity index (χ0) is 54.6. The van der Waals surface area contributed by atoms with Crippen molar-refractivity contribution in [3.63, 3.8) is 0 Å². The molecule has 0 spiro atoms. The van der Waals surface area contributed by atoms with Gasteiger partial charge < -0.3 is 65.2 Å². The van der Waals surface area contributed by atoms with Crippen molar-refractivity contribution >= 4 is 58.3 Å². The Hall–Kier alpha value is -5.80. The number of hydrogen-bond donors (Lipinski definition) is 5. The van der Waals surface area contributed by atoms with Gasteiger partial charge in [0.25, 0.3) is 0 Å². The van der Waals surface area contributed by atoms with Crippen LogP contribution in [-0.2, 0) is 19.2 Å². The van der Waals surface area contributed by atoms with Crippen molar-refractivity contribution in [1.29, 1.82) is 0 Å². The van der Waals surface area contributed by atoms with Crippen molar-refractivity contribution in [3.05, 3.63) is 118 Å². The van der Waals surface area contributed by atoms with E-state index >= 15 is 0 Å². The Labute approximate surface area is 458 Å². The summed E-state index contributed by atoms with van der Waals surface area (Å²) in [5, 5.41) is 34.1. The summed E-state index contributed by atoms with van der Waals surface area (Å²) >= 11 is 12.7. The largest absolute Gasteiger partial charge is 0.489 e. The number of carbonyl (C=O) groups excluding carboxylic acids is 3. The summed E-state index contributed by atoms with van der Waals surface area (Å²) in [7, 11) is 0. The van der Waals surface area contributed by atoms with E-state index in [0.717, 1.165) is 88.2 Å². The summed E-state index contributed by atoms with van der Waals surface area (Å²) in [4.78, 5) is 59.3. The summed E-state index contributed by atoms with van der Waals surface area (Å²) < 4.78 is 37.5. The van der Waals surface area contributed by atoms with Crippen molar-refractivity contribution < 1.29 is 52.8 Å². The van der Waals surface area contributed by atoms with Gasteiger partial charge >= 0.3 is 23.7 Å². The van der Waals surface area contributed by atoms with Crippen LogP contribution in [0.1, 0.15) is 74.7 Å². The molecule has 4 aromatic rings. The highest BCUT2D eigenvalue weighted by Gasteiger charge is 2.33. The number of nitrogens with two attached hydrogens (primary N) is 1. The Morgan fingerprint density at radius 3 is 1.38 bits per heavy atom. The Balaban J connectivity index is 0.000000169. The fraction of sp³-hybridized carbons (Fsp3) is 0.500. The number of nitrogens with one attached hydrogen (secondary N) is 1. The van der Waals surface area contributed by atoms with Crippen molar-refractivity contribution in [2.24, 2.45) is 5.73 Å². The van der Waals surface area contributed by atoms with Crippen LogP contribution in [0.25, 0.3) is 0 Å². The number of ether oxygens (including phenoxy) is 2. The van der Waals surface area contributed by atoms with Gasteiger partial charge in [-0.2, -0.15) is 0 Å². The van der Waals surface area contributed by atoms with Gasteiger partial charge in [-0.15, -0.1) is 0 Å². The molecule has 0 unspecified atom stereocenters. The van der Waals surface area contributed by atoms with Crippen molar-refractivity contribution in [3.8, 4) is 11.5 Å². The lowest BCUT2D eigenvalue weighted by Gasteiger charge is -2.36. The quantitative estimate of drug-likeness (QED) is 0.0883. The van der Waals surface area contributed by atoms with E-state index in [2.05, 4.69) is 20.0 Å². The van der Waals surface area contributed by atoms with E-state index in [9.17, 15) is 38.2 Å². The van der Waals surface area contributed by atoms with Crippen LogP contribution in [0.15, 0.2) is 84.9 Å². The number of carboxylic acids is 1. The summed E-state index contributed by atoms with van der Waals surface area (Å²) in [5.41, 5.74) is 9.21. The molecule has 77 heavy (non-hydrogen) atoms. The van der Waals surface area contributed by atoms with E-state index in [1.54, 1.807) is 48.5 Å². The first-order chi connectivity index (χ1) is 37.1. The van der Waals surface area contributed by atoms with E-state index in [4.69, 9.17) is 43.5 Å². The Morgan fingerprint density at radius 1 is 0.571 bits per heavy atom. The molecule has 2 saturated carbocycles. The second-order valence-corrected chi connectivity index (χ2v) is 21.3. The normalized spacial score (nSPS) is 19.5. The van der Waals surface area contributed by atoms with Gasteiger partial charge in [-0.05, 0) is 161 Å². The second kappa shape index (κ2) is 27.2. The molecule has 416 valence electrons. The Kier molecular flexibility index (Phi) is 20.3. The minimum Gasteiger partial charge on any atom is -0.489 e. The lowest BCUT2D eigenvalue weighted by Crippen LogP contribution is -2.55. The molecule has 0 aromatic heterocycles. The molecule has 4 heterocycles. The third-order valence-electron chi connectivity index (χ3n) is 14.5. The van der Waals surface area contributed by atoms with Gasteiger partial charge in [0.05, 0.1) is 34.4 Å². The number of aliphatic hydroxyl groups excluding tert-OH is 2. The SMILES string of the molecule is N[C@H](CN1CCCC1)[C@H](O)c1ccc(OC2CC2)c(Cl)c1.O=C(N[C@H](CN1CCCC1)[C@H](O)c1ccc(OC2CC2)c(Cl)c1)C(=O)N1CCN(c2ccc(F)cc2)CC1.O=C(O)C(=O)N1CCN(c2ccc(F)cc2)CC1. The highest BCUT2D eigenvalue weighted by atomic mass is 35.5. The third kappa shape index (κ3) is 16.6. The molecular formula is C56H70Cl2F2N8O9. The number of anilines is 2. The fourth-order valence-electron chi connectivity index (χ4n) is 9.78. The molecule has 4 atom stereocenters. The zero-order valence-electron chi connectivity index (χ0n) is 43.2. The van der Waals surface area contributed by atoms with Gasteiger partial charge in [-0.1, -0.05) is 35.3 Å². The monoisotopic (exact) mass is 1110 g/mol. The molecule has 0 bridgehead atoms. The van der Waals surface area contributed by atoms with Crippen LogP contribution in [0.2, 0.25) is 10.0 Å². The van der Waals surface area contributed by atoms with E-state index in [-0.39, 0.29) is 23.8 Å². The highest BCUT2D eigenvalue weighted by molar-refractivity contribution is 6.35. The average Bonchev–Trinajstić information content (AvgIpc) is 4.33. The molecule has 2 aliphatic carbocycles. The number of piperazine rings is 2. The van der Waals surface area contributed by atoms with Gasteiger partial charge in [0.1, 0.15) is 29.2 Å². The number of rotatable bonds is 15. The molecule has 21 heteroatoms. The standard InChI is InChI=1S/C28H34ClFN4O4.C16H23ClN2O2.C12H13FN2O3/c29-23-17-19(3-10-25(23)38-22-8-9-22)26(35)24(18-32-11-1-2-12-32)31-27(36)28(37)34-15-13-33(14-16-34)21-6-4-20(30)5-7-21;17-13-9-11(3-6-15(13)21-12-4-5-12)16(20)14(18)10-19-7-1-2-8-19;13-9-1-3-10(4-2-9)14-5-7-15(8-6-14)11(16)12(17)18/h3-7,10,17,22,24,26,35H,1-2,8-9,11-16,18H2,(H,31,36);3,6,9,12,14,16,20H,1-2,4-5,7-8,10,18H2;1-4H,5-8H2,(H,17,18)/t24-,26-;14-,16-;/m11./s1. The maximum atomic E-state index is 13.2. The van der Waals surface area contributed by atoms with E-state index in [1.165, 1.54) is 46.9 Å². The molecule has 0 radical (unpaired) electrons. The van der Waals surface area contributed by atoms with Crippen molar-refractivity contribution in [2.45, 2.75) is 87.9 Å². The number of aliphatic hydroxyl groups is 2. The van der Waals surface area contributed by atoms with Gasteiger partial charge in [0, 0.05) is 82.9 Å². The van der Waals surface area contributed by atoms with Crippen molar-refractivity contribution in [1.82, 2.24) is 24.9 Å². The van der Waals surface area contributed by atoms with Crippen LogP contribution < -0.4 is 30.3 Å². The summed E-state index contributed by atoms with van der Waals surface area (Å²) in [6.07, 6.45) is 7.57. The number of carboxylic acid groups (broad SMARTS) is 1. The van der Waals surface area contributed by atoms with Crippen LogP contribution in [-0.4, -0.2) is 175 Å². The summed E-state index contributed by atoms with van der Waals surface area (Å²) in [6, 6.07) is 22.0.